The molecule has 0 aromatic carbocycles. The molecule has 0 aromatic heterocycles. The van der Waals surface area contributed by atoms with Gasteiger partial charge in [0.1, 0.15) is 0 Å². The Balaban J connectivity index is 2.50. The lowest BCUT2D eigenvalue weighted by Gasteiger charge is -2.54. The first-order chi connectivity index (χ1) is 35.0. The largest absolute Gasteiger partial charge is 0.396 e. The van der Waals surface area contributed by atoms with Crippen LogP contribution in [0.25, 0.3) is 0 Å². The Labute approximate surface area is 445 Å². The first kappa shape index (κ1) is 67.9. The van der Waals surface area contributed by atoms with Crippen molar-refractivity contribution < 1.29 is 14.7 Å². The van der Waals surface area contributed by atoms with Crippen LogP contribution in [0.5, 0.6) is 0 Å². The van der Waals surface area contributed by atoms with Gasteiger partial charge < -0.3 is 14.9 Å². The number of nitrogens with zero attached hydrogens (tertiary/aromatic N) is 3. The first-order valence-corrected chi connectivity index (χ1v) is 32.9. The molecule has 6 nitrogen and oxygen atoms in total. The minimum absolute atomic E-state index is 0.324. The fourth-order valence-electron chi connectivity index (χ4n) is 11.7. The van der Waals surface area contributed by atoms with Gasteiger partial charge in [-0.1, -0.05) is 272 Å². The van der Waals surface area contributed by atoms with Crippen LogP contribution in [-0.4, -0.2) is 83.0 Å². The fourth-order valence-corrected chi connectivity index (χ4v) is 11.7. The summed E-state index contributed by atoms with van der Waals surface area (Å²) < 4.78 is 0. The van der Waals surface area contributed by atoms with Crippen molar-refractivity contribution >= 4 is 11.8 Å². The van der Waals surface area contributed by atoms with Gasteiger partial charge in [0.15, 0.2) is 0 Å². The molecule has 0 bridgehead atoms. The fraction of sp³-hybridized carbons (Fsp3) is 0.969. The molecule has 1 heterocycles. The van der Waals surface area contributed by atoms with Crippen LogP contribution in [0.3, 0.4) is 0 Å². The van der Waals surface area contributed by atoms with E-state index in [-0.39, 0.29) is 0 Å². The van der Waals surface area contributed by atoms with Crippen molar-refractivity contribution in [1.82, 2.24) is 14.7 Å². The lowest BCUT2D eigenvalue weighted by Crippen LogP contribution is -2.59. The van der Waals surface area contributed by atoms with Crippen LogP contribution < -0.4 is 0 Å². The summed E-state index contributed by atoms with van der Waals surface area (Å²) in [5, 5.41) is 9.37. The average Bonchev–Trinajstić information content (AvgIpc) is 3.37. The predicted molar refractivity (Wildman–Crippen MR) is 313 cm³/mol. The summed E-state index contributed by atoms with van der Waals surface area (Å²) in [7, 11) is 0. The van der Waals surface area contributed by atoms with E-state index in [2.05, 4.69) is 42.4 Å². The summed E-state index contributed by atoms with van der Waals surface area (Å²) in [6.07, 6.45) is 64.6. The van der Waals surface area contributed by atoms with E-state index in [1.54, 1.807) is 0 Å². The Kier molecular flexibility index (Phi) is 50.0. The second-order valence-corrected chi connectivity index (χ2v) is 23.3. The van der Waals surface area contributed by atoms with E-state index in [0.717, 1.165) is 64.7 Å². The van der Waals surface area contributed by atoms with Crippen molar-refractivity contribution in [2.45, 2.75) is 361 Å². The van der Waals surface area contributed by atoms with Crippen molar-refractivity contribution in [2.24, 2.45) is 0 Å². The molecule has 2 amide bonds. The number of likely N-dealkylation sites (tertiary alicyclic amines) is 1. The Morgan fingerprint density at radius 2 is 0.620 bits per heavy atom. The zero-order valence-electron chi connectivity index (χ0n) is 49.1. The topological polar surface area (TPSA) is 64.1 Å². The molecule has 0 saturated carbocycles. The molecule has 0 aliphatic carbocycles. The van der Waals surface area contributed by atoms with Gasteiger partial charge in [0.2, 0.25) is 11.8 Å². The number of unbranched alkanes of at least 4 members (excludes halogenated alkanes) is 39. The smallest absolute Gasteiger partial charge is 0.222 e. The third kappa shape index (κ3) is 39.9. The van der Waals surface area contributed by atoms with Gasteiger partial charge >= 0.3 is 0 Å². The molecule has 0 spiro atoms. The van der Waals surface area contributed by atoms with E-state index in [4.69, 9.17) is 0 Å². The second-order valence-electron chi connectivity index (χ2n) is 23.3. The monoisotopic (exact) mass is 1000 g/mol. The molecular formula is C65H129N3O3. The molecule has 1 aliphatic heterocycles. The lowest BCUT2D eigenvalue weighted by atomic mass is 9.75. The van der Waals surface area contributed by atoms with E-state index in [9.17, 15) is 14.7 Å². The maximum absolute atomic E-state index is 13.5. The molecule has 1 unspecified atom stereocenters. The van der Waals surface area contributed by atoms with E-state index in [1.807, 2.05) is 0 Å². The van der Waals surface area contributed by atoms with Gasteiger partial charge in [-0.25, -0.2) is 0 Å². The zero-order valence-corrected chi connectivity index (χ0v) is 49.1. The minimum atomic E-state index is 0.324. The molecule has 6 heteroatoms. The number of aliphatic hydroxyl groups excluding tert-OH is 1. The molecule has 1 aliphatic rings. The SMILES string of the molecule is CCCCCCCCCCN(CCCCCCCCCC)C(=O)CCCCCCCN1CCC1(CCCCCCO)CCCCCCCC(=O)N(CCCCCCCCCC)CCCCCCCCCC. The van der Waals surface area contributed by atoms with E-state index in [1.165, 1.54) is 302 Å². The van der Waals surface area contributed by atoms with Crippen molar-refractivity contribution in [2.75, 3.05) is 45.9 Å². The predicted octanol–water partition coefficient (Wildman–Crippen LogP) is 19.7. The van der Waals surface area contributed by atoms with Gasteiger partial charge in [0.05, 0.1) is 0 Å². The average molecular weight is 1000 g/mol. The van der Waals surface area contributed by atoms with Gasteiger partial charge in [-0.05, 0) is 77.2 Å². The Bertz CT molecular complexity index is 1080. The third-order valence-corrected chi connectivity index (χ3v) is 16.8. The summed E-state index contributed by atoms with van der Waals surface area (Å²) in [4.78, 5) is 34.4. The molecule has 1 atom stereocenters. The maximum Gasteiger partial charge on any atom is 0.222 e. The second kappa shape index (κ2) is 52.3. The molecule has 71 heavy (non-hydrogen) atoms. The van der Waals surface area contributed by atoms with Gasteiger partial charge in [0.25, 0.3) is 0 Å². The van der Waals surface area contributed by atoms with Crippen molar-refractivity contribution in [3.05, 3.63) is 0 Å². The number of carbonyl (C=O) groups is 2. The van der Waals surface area contributed by atoms with Gasteiger partial charge in [-0.3, -0.25) is 14.5 Å². The van der Waals surface area contributed by atoms with Gasteiger partial charge in [-0.2, -0.15) is 0 Å². The summed E-state index contributed by atoms with van der Waals surface area (Å²) >= 11 is 0. The summed E-state index contributed by atoms with van der Waals surface area (Å²) in [5.74, 6) is 0.851. The summed E-state index contributed by atoms with van der Waals surface area (Å²) in [6.45, 7) is 15.9. The van der Waals surface area contributed by atoms with E-state index < -0.39 is 0 Å². The Morgan fingerprint density at radius 1 is 0.352 bits per heavy atom. The Hall–Kier alpha value is -1.14. The van der Waals surface area contributed by atoms with Gasteiger partial charge in [-0.15, -0.1) is 0 Å². The van der Waals surface area contributed by atoms with Crippen molar-refractivity contribution in [1.29, 1.82) is 0 Å². The van der Waals surface area contributed by atoms with E-state index in [0.29, 0.717) is 24.0 Å². The van der Waals surface area contributed by atoms with Crippen LogP contribution in [0.15, 0.2) is 0 Å². The van der Waals surface area contributed by atoms with Gasteiger partial charge in [0, 0.05) is 57.7 Å². The van der Waals surface area contributed by atoms with Crippen LogP contribution in [-0.2, 0) is 9.59 Å². The maximum atomic E-state index is 13.5. The highest BCUT2D eigenvalue weighted by atomic mass is 16.3. The highest BCUT2D eigenvalue weighted by molar-refractivity contribution is 5.76. The normalized spacial score (nSPS) is 14.9. The lowest BCUT2D eigenvalue weighted by molar-refractivity contribution is -0.132. The van der Waals surface area contributed by atoms with Crippen LogP contribution in [0.1, 0.15) is 355 Å². The highest BCUT2D eigenvalue weighted by Gasteiger charge is 2.42. The van der Waals surface area contributed by atoms with E-state index >= 15 is 0 Å². The molecule has 1 fully saturated rings. The molecule has 1 N–H and O–H groups in total. The number of rotatable bonds is 58. The summed E-state index contributed by atoms with van der Waals surface area (Å²) in [6, 6.07) is 0. The molecule has 1 rings (SSSR count). The van der Waals surface area contributed by atoms with Crippen LogP contribution in [0, 0.1) is 0 Å². The molecule has 422 valence electrons. The quantitative estimate of drug-likeness (QED) is 0.0617. The van der Waals surface area contributed by atoms with Crippen molar-refractivity contribution in [3.63, 3.8) is 0 Å². The number of amides is 2. The van der Waals surface area contributed by atoms with Crippen molar-refractivity contribution in [3.8, 4) is 0 Å². The van der Waals surface area contributed by atoms with Crippen LogP contribution >= 0.6 is 0 Å². The molecule has 0 aromatic rings. The minimum Gasteiger partial charge on any atom is -0.396 e. The highest BCUT2D eigenvalue weighted by Crippen LogP contribution is 2.40. The molecule has 1 saturated heterocycles. The van der Waals surface area contributed by atoms with Crippen LogP contribution in [0.4, 0.5) is 0 Å². The van der Waals surface area contributed by atoms with Crippen LogP contribution in [0.2, 0.25) is 0 Å². The number of hydrogen-bond donors (Lipinski definition) is 1. The molecular weight excluding hydrogens is 871 g/mol. The first-order valence-electron chi connectivity index (χ1n) is 32.9. The standard InChI is InChI=1S/C65H129N3O3/c1-5-9-13-17-21-25-35-45-56-66(57-46-36-26-22-18-14-10-6-2)63(70)51-41-31-29-33-43-53-65(54-44-34-40-50-62-69)55-61-68(65)60-49-39-30-32-42-52-64(71)67(58-47-37-27-23-19-15-11-7-3)59-48-38-28-24-20-16-12-8-4/h69H,5-62H2,1-4H3. The number of carbonyl (C=O) groups excluding carboxylic acids is 2. The number of hydrogen-bond acceptors (Lipinski definition) is 4. The number of aliphatic hydroxyl groups is 1. The summed E-state index contributed by atoms with van der Waals surface area (Å²) in [5.41, 5.74) is 0.390. The Morgan fingerprint density at radius 3 is 0.915 bits per heavy atom. The molecule has 0 radical (unpaired) electrons. The zero-order chi connectivity index (χ0) is 51.4. The third-order valence-electron chi connectivity index (χ3n) is 16.8.